The van der Waals surface area contributed by atoms with Crippen molar-refractivity contribution in [2.45, 2.75) is 31.7 Å². The van der Waals surface area contributed by atoms with E-state index < -0.39 is 0 Å². The van der Waals surface area contributed by atoms with Crippen LogP contribution in [0.25, 0.3) is 0 Å². The van der Waals surface area contributed by atoms with Crippen molar-refractivity contribution in [2.75, 3.05) is 25.1 Å². The SMILES string of the molecule is S=C(Nc1ccc2c(c1)OCCO2)N1CCCCCC1c1ccncc1. The molecule has 0 amide bonds. The lowest BCUT2D eigenvalue weighted by Crippen LogP contribution is -2.37. The predicted molar refractivity (Wildman–Crippen MR) is 106 cm³/mol. The molecule has 26 heavy (non-hydrogen) atoms. The average Bonchev–Trinajstić information content (AvgIpc) is 2.95. The van der Waals surface area contributed by atoms with Gasteiger partial charge in [-0.1, -0.05) is 12.8 Å². The molecule has 0 aliphatic carbocycles. The molecule has 4 rings (SSSR count). The summed E-state index contributed by atoms with van der Waals surface area (Å²) in [6.07, 6.45) is 8.43. The van der Waals surface area contributed by atoms with Crippen LogP contribution in [0.2, 0.25) is 0 Å². The smallest absolute Gasteiger partial charge is 0.173 e. The van der Waals surface area contributed by atoms with Crippen molar-refractivity contribution < 1.29 is 9.47 Å². The van der Waals surface area contributed by atoms with Crippen LogP contribution in [-0.4, -0.2) is 34.8 Å². The van der Waals surface area contributed by atoms with Gasteiger partial charge < -0.3 is 19.7 Å². The van der Waals surface area contributed by atoms with Crippen LogP contribution in [-0.2, 0) is 0 Å². The number of hydrogen-bond acceptors (Lipinski definition) is 4. The monoisotopic (exact) mass is 369 g/mol. The molecule has 0 spiro atoms. The summed E-state index contributed by atoms with van der Waals surface area (Å²) in [7, 11) is 0. The quantitative estimate of drug-likeness (QED) is 0.802. The van der Waals surface area contributed by atoms with Crippen LogP contribution in [0, 0.1) is 0 Å². The highest BCUT2D eigenvalue weighted by Crippen LogP contribution is 2.34. The van der Waals surface area contributed by atoms with Gasteiger partial charge in [-0.3, -0.25) is 4.98 Å². The fourth-order valence-electron chi connectivity index (χ4n) is 3.60. The Bertz CT molecular complexity index is 769. The predicted octanol–water partition coefficient (Wildman–Crippen LogP) is 4.17. The fourth-order valence-corrected chi connectivity index (χ4v) is 3.94. The number of pyridine rings is 1. The van der Waals surface area contributed by atoms with E-state index in [-0.39, 0.29) is 6.04 Å². The summed E-state index contributed by atoms with van der Waals surface area (Å²) in [6.45, 7) is 2.14. The van der Waals surface area contributed by atoms with Crippen molar-refractivity contribution in [3.63, 3.8) is 0 Å². The van der Waals surface area contributed by atoms with Crippen LogP contribution < -0.4 is 14.8 Å². The molecule has 1 aromatic heterocycles. The van der Waals surface area contributed by atoms with Crippen LogP contribution in [0.1, 0.15) is 37.3 Å². The van der Waals surface area contributed by atoms with Gasteiger partial charge in [-0.05, 0) is 54.9 Å². The zero-order chi connectivity index (χ0) is 17.8. The maximum Gasteiger partial charge on any atom is 0.173 e. The molecule has 1 aromatic carbocycles. The van der Waals surface area contributed by atoms with E-state index in [0.717, 1.165) is 41.7 Å². The first kappa shape index (κ1) is 17.1. The van der Waals surface area contributed by atoms with Crippen LogP contribution in [0.4, 0.5) is 5.69 Å². The number of nitrogens with one attached hydrogen (secondary N) is 1. The summed E-state index contributed by atoms with van der Waals surface area (Å²) in [6, 6.07) is 10.4. The summed E-state index contributed by atoms with van der Waals surface area (Å²) < 4.78 is 11.3. The van der Waals surface area contributed by atoms with Crippen LogP contribution >= 0.6 is 12.2 Å². The minimum Gasteiger partial charge on any atom is -0.486 e. The molecule has 0 bridgehead atoms. The molecule has 0 saturated carbocycles. The van der Waals surface area contributed by atoms with Crippen LogP contribution in [0.5, 0.6) is 11.5 Å². The van der Waals surface area contributed by atoms with Gasteiger partial charge in [-0.25, -0.2) is 0 Å². The zero-order valence-corrected chi connectivity index (χ0v) is 15.5. The lowest BCUT2D eigenvalue weighted by molar-refractivity contribution is 0.171. The Labute approximate surface area is 159 Å². The number of fused-ring (bicyclic) bond motifs is 1. The largest absolute Gasteiger partial charge is 0.486 e. The topological polar surface area (TPSA) is 46.6 Å². The maximum absolute atomic E-state index is 5.78. The normalized spacial score (nSPS) is 19.5. The molecule has 1 fully saturated rings. The molecule has 136 valence electrons. The minimum absolute atomic E-state index is 0.290. The molecule has 0 radical (unpaired) electrons. The van der Waals surface area contributed by atoms with Crippen molar-refractivity contribution >= 4 is 23.0 Å². The van der Waals surface area contributed by atoms with E-state index in [4.69, 9.17) is 21.7 Å². The summed E-state index contributed by atoms with van der Waals surface area (Å²) in [5.74, 6) is 1.56. The Morgan fingerprint density at radius 2 is 1.85 bits per heavy atom. The number of anilines is 1. The zero-order valence-electron chi connectivity index (χ0n) is 14.7. The van der Waals surface area contributed by atoms with Crippen molar-refractivity contribution in [3.05, 3.63) is 48.3 Å². The van der Waals surface area contributed by atoms with Gasteiger partial charge in [0.1, 0.15) is 13.2 Å². The van der Waals surface area contributed by atoms with E-state index in [1.54, 1.807) is 0 Å². The van der Waals surface area contributed by atoms with Crippen molar-refractivity contribution in [2.24, 2.45) is 0 Å². The first-order valence-electron chi connectivity index (χ1n) is 9.18. The number of benzene rings is 1. The van der Waals surface area contributed by atoms with Crippen molar-refractivity contribution in [3.8, 4) is 11.5 Å². The number of ether oxygens (including phenoxy) is 2. The molecule has 1 N–H and O–H groups in total. The van der Waals surface area contributed by atoms with E-state index in [2.05, 4.69) is 27.3 Å². The fraction of sp³-hybridized carbons (Fsp3) is 0.400. The number of aromatic nitrogens is 1. The Hall–Kier alpha value is -2.34. The van der Waals surface area contributed by atoms with Gasteiger partial charge in [0.2, 0.25) is 0 Å². The number of thiocarbonyl (C=S) groups is 1. The number of nitrogens with zero attached hydrogens (tertiary/aromatic N) is 2. The van der Waals surface area contributed by atoms with Gasteiger partial charge in [0.05, 0.1) is 6.04 Å². The third-order valence-corrected chi connectivity index (χ3v) is 5.23. The Kier molecular flexibility index (Phi) is 5.20. The molecule has 2 aliphatic rings. The minimum atomic E-state index is 0.290. The maximum atomic E-state index is 5.78. The van der Waals surface area contributed by atoms with E-state index >= 15 is 0 Å². The van der Waals surface area contributed by atoms with Crippen molar-refractivity contribution in [1.82, 2.24) is 9.88 Å². The highest BCUT2D eigenvalue weighted by atomic mass is 32.1. The van der Waals surface area contributed by atoms with Gasteiger partial charge in [0, 0.05) is 30.7 Å². The number of rotatable bonds is 2. The highest BCUT2D eigenvalue weighted by molar-refractivity contribution is 7.80. The van der Waals surface area contributed by atoms with E-state index in [0.29, 0.717) is 13.2 Å². The third-order valence-electron chi connectivity index (χ3n) is 4.90. The first-order valence-corrected chi connectivity index (χ1v) is 9.59. The lowest BCUT2D eigenvalue weighted by atomic mass is 10.0. The highest BCUT2D eigenvalue weighted by Gasteiger charge is 2.25. The summed E-state index contributed by atoms with van der Waals surface area (Å²) >= 11 is 5.78. The summed E-state index contributed by atoms with van der Waals surface area (Å²) in [4.78, 5) is 6.46. The molecule has 5 nitrogen and oxygen atoms in total. The average molecular weight is 369 g/mol. The summed E-state index contributed by atoms with van der Waals surface area (Å²) in [5.41, 5.74) is 2.20. The Morgan fingerprint density at radius 3 is 2.69 bits per heavy atom. The molecular weight excluding hydrogens is 346 g/mol. The third kappa shape index (κ3) is 3.75. The molecule has 1 saturated heterocycles. The molecule has 1 atom stereocenters. The summed E-state index contributed by atoms with van der Waals surface area (Å²) in [5, 5.41) is 4.15. The van der Waals surface area contributed by atoms with Gasteiger partial charge in [-0.2, -0.15) is 0 Å². The molecular formula is C20H23N3O2S. The molecule has 3 heterocycles. The number of likely N-dealkylation sites (tertiary alicyclic amines) is 1. The van der Waals surface area contributed by atoms with Gasteiger partial charge in [0.15, 0.2) is 16.6 Å². The van der Waals surface area contributed by atoms with Gasteiger partial charge in [-0.15, -0.1) is 0 Å². The van der Waals surface area contributed by atoms with Crippen molar-refractivity contribution in [1.29, 1.82) is 0 Å². The number of hydrogen-bond donors (Lipinski definition) is 1. The second-order valence-corrected chi connectivity index (χ2v) is 7.01. The van der Waals surface area contributed by atoms with Gasteiger partial charge >= 0.3 is 0 Å². The standard InChI is InChI=1S/C20H23N3O2S/c26-20(22-16-5-6-18-19(14-16)25-13-12-24-18)23-11-3-1-2-4-17(23)15-7-9-21-10-8-15/h5-10,14,17H,1-4,11-13H2,(H,22,26). The van der Waals surface area contributed by atoms with E-state index in [1.807, 2.05) is 30.6 Å². The lowest BCUT2D eigenvalue weighted by Gasteiger charge is -2.33. The van der Waals surface area contributed by atoms with Crippen LogP contribution in [0.3, 0.4) is 0 Å². The first-order chi connectivity index (χ1) is 12.8. The molecule has 2 aliphatic heterocycles. The second-order valence-electron chi connectivity index (χ2n) is 6.63. The molecule has 2 aromatic rings. The Balaban J connectivity index is 1.53. The molecule has 6 heteroatoms. The van der Waals surface area contributed by atoms with E-state index in [9.17, 15) is 0 Å². The second kappa shape index (κ2) is 7.91. The Morgan fingerprint density at radius 1 is 1.04 bits per heavy atom. The van der Waals surface area contributed by atoms with Crippen LogP contribution in [0.15, 0.2) is 42.7 Å². The van der Waals surface area contributed by atoms with E-state index in [1.165, 1.54) is 18.4 Å². The molecule has 1 unspecified atom stereocenters. The van der Waals surface area contributed by atoms with Gasteiger partial charge in [0.25, 0.3) is 0 Å².